The Bertz CT molecular complexity index is 210. The Balaban J connectivity index is 0.00000225. The molecule has 0 radical (unpaired) electrons. The molecule has 1 saturated heterocycles. The lowest BCUT2D eigenvalue weighted by Gasteiger charge is -2.40. The molecule has 0 aromatic heterocycles. The number of hydrogen-bond donors (Lipinski definition) is 0. The molecule has 96 valence electrons. The molecule has 0 aromatic rings. The zero-order valence-corrected chi connectivity index (χ0v) is 12.6. The first kappa shape index (κ1) is 16.1. The van der Waals surface area contributed by atoms with Crippen molar-refractivity contribution >= 4 is 5.78 Å². The normalized spacial score (nSPS) is 19.2. The minimum atomic E-state index is 0. The van der Waals surface area contributed by atoms with Crippen LogP contribution >= 0.6 is 0 Å². The van der Waals surface area contributed by atoms with Crippen LogP contribution < -0.4 is 17.0 Å². The molecular weight excluding hydrogens is 266 g/mol. The minimum absolute atomic E-state index is 0. The molecule has 1 rings (SSSR count). The minimum Gasteiger partial charge on any atom is -1.00 e. The largest absolute Gasteiger partial charge is 1.00 e. The number of ketones is 1. The molecule has 0 N–H and O–H groups in total. The summed E-state index contributed by atoms with van der Waals surface area (Å²) in [5.41, 5.74) is 0. The van der Waals surface area contributed by atoms with E-state index in [1.165, 1.54) is 32.4 Å². The standard InChI is InChI=1S/C13H26NO.BrH/c1-4-14(8-6-5-7-9-14)11-13(15)10-12(2)3;/h12H,4-11H2,1-3H3;1H/q+1;/p-1. The average molecular weight is 292 g/mol. The van der Waals surface area contributed by atoms with E-state index in [0.717, 1.165) is 24.0 Å². The maximum atomic E-state index is 11.9. The van der Waals surface area contributed by atoms with Crippen LogP contribution in [0.1, 0.15) is 46.5 Å². The van der Waals surface area contributed by atoms with Gasteiger partial charge in [0.25, 0.3) is 0 Å². The maximum Gasteiger partial charge on any atom is 0.187 e. The van der Waals surface area contributed by atoms with Gasteiger partial charge in [0, 0.05) is 6.42 Å². The molecule has 0 unspecified atom stereocenters. The van der Waals surface area contributed by atoms with Crippen LogP contribution in [-0.2, 0) is 4.79 Å². The van der Waals surface area contributed by atoms with Crippen LogP contribution in [0.2, 0.25) is 0 Å². The van der Waals surface area contributed by atoms with Crippen molar-refractivity contribution < 1.29 is 26.3 Å². The highest BCUT2D eigenvalue weighted by Gasteiger charge is 2.30. The molecule has 1 heterocycles. The first-order chi connectivity index (χ1) is 7.08. The zero-order chi connectivity index (χ0) is 11.3. The van der Waals surface area contributed by atoms with Crippen LogP contribution in [0.15, 0.2) is 0 Å². The first-order valence-corrected chi connectivity index (χ1v) is 6.45. The molecule has 0 aromatic carbocycles. The second-order valence-electron chi connectivity index (χ2n) is 5.46. The second-order valence-corrected chi connectivity index (χ2v) is 5.46. The summed E-state index contributed by atoms with van der Waals surface area (Å²) in [6, 6.07) is 0. The van der Waals surface area contributed by atoms with E-state index < -0.39 is 0 Å². The molecule has 0 aliphatic carbocycles. The van der Waals surface area contributed by atoms with Crippen molar-refractivity contribution in [3.8, 4) is 0 Å². The van der Waals surface area contributed by atoms with Gasteiger partial charge in [0.2, 0.25) is 0 Å². The lowest BCUT2D eigenvalue weighted by atomic mass is 10.0. The number of halogens is 1. The number of piperidine rings is 1. The van der Waals surface area contributed by atoms with Crippen LogP contribution in [-0.4, -0.2) is 36.4 Å². The Morgan fingerprint density at radius 3 is 2.19 bits per heavy atom. The number of likely N-dealkylation sites (tertiary alicyclic amines) is 1. The number of carbonyl (C=O) groups excluding carboxylic acids is 1. The predicted molar refractivity (Wildman–Crippen MR) is 63.7 cm³/mol. The van der Waals surface area contributed by atoms with E-state index in [-0.39, 0.29) is 17.0 Å². The number of hydrogen-bond acceptors (Lipinski definition) is 1. The van der Waals surface area contributed by atoms with Gasteiger partial charge in [-0.2, -0.15) is 0 Å². The van der Waals surface area contributed by atoms with Crippen molar-refractivity contribution in [1.82, 2.24) is 0 Å². The van der Waals surface area contributed by atoms with E-state index in [1.54, 1.807) is 0 Å². The highest BCUT2D eigenvalue weighted by molar-refractivity contribution is 5.79. The monoisotopic (exact) mass is 291 g/mol. The fourth-order valence-corrected chi connectivity index (χ4v) is 2.66. The lowest BCUT2D eigenvalue weighted by molar-refractivity contribution is -0.923. The van der Waals surface area contributed by atoms with Gasteiger partial charge in [-0.05, 0) is 32.1 Å². The van der Waals surface area contributed by atoms with E-state index in [4.69, 9.17) is 0 Å². The van der Waals surface area contributed by atoms with E-state index in [9.17, 15) is 4.79 Å². The van der Waals surface area contributed by atoms with Crippen molar-refractivity contribution in [2.75, 3.05) is 26.2 Å². The van der Waals surface area contributed by atoms with Gasteiger partial charge in [-0.3, -0.25) is 4.79 Å². The number of likely N-dealkylation sites (N-methyl/N-ethyl adjacent to an activating group) is 1. The Labute approximate surface area is 111 Å². The first-order valence-electron chi connectivity index (χ1n) is 6.45. The smallest absolute Gasteiger partial charge is 0.187 e. The SMILES string of the molecule is CC[N+]1(CC(=O)CC(C)C)CCCCC1.[Br-]. The van der Waals surface area contributed by atoms with Crippen LogP contribution in [0, 0.1) is 5.92 Å². The van der Waals surface area contributed by atoms with Gasteiger partial charge in [-0.25, -0.2) is 0 Å². The maximum absolute atomic E-state index is 11.9. The molecule has 3 heteroatoms. The summed E-state index contributed by atoms with van der Waals surface area (Å²) >= 11 is 0. The number of carbonyl (C=O) groups is 1. The summed E-state index contributed by atoms with van der Waals surface area (Å²) in [6.07, 6.45) is 4.74. The molecule has 1 aliphatic rings. The lowest BCUT2D eigenvalue weighted by Crippen LogP contribution is -3.00. The van der Waals surface area contributed by atoms with Crippen LogP contribution in [0.4, 0.5) is 0 Å². The summed E-state index contributed by atoms with van der Waals surface area (Å²) in [5.74, 6) is 0.980. The van der Waals surface area contributed by atoms with Crippen LogP contribution in [0.3, 0.4) is 0 Å². The van der Waals surface area contributed by atoms with Crippen molar-refractivity contribution in [2.45, 2.75) is 46.5 Å². The van der Waals surface area contributed by atoms with Crippen LogP contribution in [0.5, 0.6) is 0 Å². The molecule has 1 aliphatic heterocycles. The summed E-state index contributed by atoms with van der Waals surface area (Å²) in [4.78, 5) is 11.9. The van der Waals surface area contributed by atoms with Crippen molar-refractivity contribution in [3.05, 3.63) is 0 Å². The molecule has 0 atom stereocenters. The quantitative estimate of drug-likeness (QED) is 0.632. The van der Waals surface area contributed by atoms with Gasteiger partial charge in [0.05, 0.1) is 19.6 Å². The van der Waals surface area contributed by atoms with Crippen molar-refractivity contribution in [3.63, 3.8) is 0 Å². The fourth-order valence-electron chi connectivity index (χ4n) is 2.66. The van der Waals surface area contributed by atoms with Crippen molar-refractivity contribution in [2.24, 2.45) is 5.92 Å². The zero-order valence-electron chi connectivity index (χ0n) is 11.0. The topological polar surface area (TPSA) is 17.1 Å². The third kappa shape index (κ3) is 4.96. The summed E-state index contributed by atoms with van der Waals surface area (Å²) in [7, 11) is 0. The van der Waals surface area contributed by atoms with Crippen molar-refractivity contribution in [1.29, 1.82) is 0 Å². The Morgan fingerprint density at radius 1 is 1.19 bits per heavy atom. The average Bonchev–Trinajstić information content (AvgIpc) is 2.17. The highest BCUT2D eigenvalue weighted by atomic mass is 79.9. The summed E-state index contributed by atoms with van der Waals surface area (Å²) < 4.78 is 1.06. The van der Waals surface area contributed by atoms with Gasteiger partial charge in [-0.1, -0.05) is 13.8 Å². The summed E-state index contributed by atoms with van der Waals surface area (Å²) in [6.45, 7) is 10.8. The Kier molecular flexibility index (Phi) is 7.49. The fraction of sp³-hybridized carbons (Fsp3) is 0.923. The van der Waals surface area contributed by atoms with E-state index >= 15 is 0 Å². The molecule has 0 bridgehead atoms. The van der Waals surface area contributed by atoms with E-state index in [2.05, 4.69) is 20.8 Å². The molecule has 0 amide bonds. The van der Waals surface area contributed by atoms with E-state index in [0.29, 0.717) is 11.7 Å². The van der Waals surface area contributed by atoms with Gasteiger partial charge >= 0.3 is 0 Å². The third-order valence-electron chi connectivity index (χ3n) is 3.58. The van der Waals surface area contributed by atoms with Gasteiger partial charge in [0.1, 0.15) is 6.54 Å². The number of nitrogens with zero attached hydrogens (tertiary/aromatic N) is 1. The number of Topliss-reactive ketones (excluding diaryl/α,β-unsaturated/α-hetero) is 1. The molecule has 2 nitrogen and oxygen atoms in total. The highest BCUT2D eigenvalue weighted by Crippen LogP contribution is 2.19. The third-order valence-corrected chi connectivity index (χ3v) is 3.58. The van der Waals surface area contributed by atoms with Gasteiger partial charge in [0.15, 0.2) is 5.78 Å². The molecule has 16 heavy (non-hydrogen) atoms. The van der Waals surface area contributed by atoms with Gasteiger partial charge < -0.3 is 21.5 Å². The predicted octanol–water partition coefficient (Wildman–Crippen LogP) is -0.374. The van der Waals surface area contributed by atoms with Gasteiger partial charge in [-0.15, -0.1) is 0 Å². The van der Waals surface area contributed by atoms with E-state index in [1.807, 2.05) is 0 Å². The molecule has 0 saturated carbocycles. The summed E-state index contributed by atoms with van der Waals surface area (Å²) in [5, 5.41) is 0. The number of rotatable bonds is 5. The molecule has 1 fully saturated rings. The number of quaternary nitrogens is 1. The Hall–Kier alpha value is 0.110. The molecular formula is C13H26BrNO. The Morgan fingerprint density at radius 2 is 1.75 bits per heavy atom. The second kappa shape index (κ2) is 7.44. The molecule has 0 spiro atoms. The van der Waals surface area contributed by atoms with Crippen LogP contribution in [0.25, 0.3) is 0 Å².